The highest BCUT2D eigenvalue weighted by molar-refractivity contribution is 5.68. The molecule has 0 saturated carbocycles. The van der Waals surface area contributed by atoms with Gasteiger partial charge in [-0.05, 0) is 44.9 Å². The second-order valence-corrected chi connectivity index (χ2v) is 12.2. The number of quaternary nitrogens is 1. The summed E-state index contributed by atoms with van der Waals surface area (Å²) in [4.78, 5) is 12.3. The van der Waals surface area contributed by atoms with Crippen LogP contribution in [0.25, 0.3) is 0 Å². The summed E-state index contributed by atoms with van der Waals surface area (Å²) >= 11 is 0. The number of aliphatic carboxylic acids is 1. The lowest BCUT2D eigenvalue weighted by Crippen LogP contribution is -2.74. The van der Waals surface area contributed by atoms with E-state index in [1.807, 2.05) is 0 Å². The third kappa shape index (κ3) is 11.0. The molecule has 0 aromatic heterocycles. The zero-order valence-electron chi connectivity index (χ0n) is 25.7. The molecular weight excluding hydrogens is 446 g/mol. The summed E-state index contributed by atoms with van der Waals surface area (Å²) in [5.41, 5.74) is -1.63. The van der Waals surface area contributed by atoms with E-state index in [4.69, 9.17) is 0 Å². The number of aliphatic hydroxyl groups is 1. The number of carboxylic acid groups (broad SMARTS) is 1. The normalized spacial score (nSPS) is 14.4. The van der Waals surface area contributed by atoms with Crippen molar-refractivity contribution in [1.82, 2.24) is 0 Å². The molecule has 0 rings (SSSR count). The molecule has 4 nitrogen and oxygen atoms in total. The molecule has 1 unspecified atom stereocenters. The fourth-order valence-corrected chi connectivity index (χ4v) is 6.84. The average molecular weight is 513 g/mol. The van der Waals surface area contributed by atoms with Crippen LogP contribution in [0.2, 0.25) is 0 Å². The van der Waals surface area contributed by atoms with Gasteiger partial charge in [0.1, 0.15) is 11.1 Å². The lowest BCUT2D eigenvalue weighted by atomic mass is 9.65. The van der Waals surface area contributed by atoms with Gasteiger partial charge in [-0.25, -0.2) is 0 Å². The lowest BCUT2D eigenvalue weighted by Gasteiger charge is -2.60. The summed E-state index contributed by atoms with van der Waals surface area (Å²) in [6.45, 7) is 11.2. The number of hydrogen-bond donors (Lipinski definition) is 2. The molecule has 216 valence electrons. The average Bonchev–Trinajstić information content (AvgIpc) is 2.82. The first-order valence-electron chi connectivity index (χ1n) is 15.9. The molecule has 0 fully saturated rings. The lowest BCUT2D eigenvalue weighted by molar-refractivity contribution is -0.974. The van der Waals surface area contributed by atoms with Gasteiger partial charge in [-0.1, -0.05) is 105 Å². The topological polar surface area (TPSA) is 57.5 Å². The first-order chi connectivity index (χ1) is 17.1. The van der Waals surface area contributed by atoms with Crippen molar-refractivity contribution < 1.29 is 19.5 Å². The maximum atomic E-state index is 12.6. The van der Waals surface area contributed by atoms with Gasteiger partial charge in [0.05, 0.1) is 26.6 Å². The molecule has 0 aromatic carbocycles. The Morgan fingerprint density at radius 2 is 1.00 bits per heavy atom. The van der Waals surface area contributed by atoms with E-state index in [2.05, 4.69) is 48.7 Å². The summed E-state index contributed by atoms with van der Waals surface area (Å²) in [6, 6.07) is 0.456. The molecule has 0 spiro atoms. The number of nitrogens with zero attached hydrogens (tertiary/aromatic N) is 1. The fourth-order valence-electron chi connectivity index (χ4n) is 6.84. The van der Waals surface area contributed by atoms with Crippen LogP contribution >= 0.6 is 0 Å². The number of hydrogen-bond acceptors (Lipinski definition) is 2. The molecule has 1 atom stereocenters. The predicted octanol–water partition coefficient (Wildman–Crippen LogP) is 9.28. The number of rotatable bonds is 25. The molecule has 2 N–H and O–H groups in total. The van der Waals surface area contributed by atoms with E-state index < -0.39 is 17.1 Å². The van der Waals surface area contributed by atoms with Crippen molar-refractivity contribution in [2.75, 3.05) is 14.1 Å². The second kappa shape index (κ2) is 19.5. The molecule has 0 bridgehead atoms. The van der Waals surface area contributed by atoms with E-state index in [9.17, 15) is 15.0 Å². The van der Waals surface area contributed by atoms with Crippen LogP contribution in [-0.2, 0) is 4.79 Å². The van der Waals surface area contributed by atoms with Gasteiger partial charge in [-0.2, -0.15) is 0 Å². The van der Waals surface area contributed by atoms with Crippen LogP contribution < -0.4 is 0 Å². The van der Waals surface area contributed by atoms with Gasteiger partial charge in [0.2, 0.25) is 0 Å². The number of unbranched alkanes of at least 4 members (excludes halogenated alkanes) is 10. The molecule has 0 heterocycles. The maximum absolute atomic E-state index is 12.6. The van der Waals surface area contributed by atoms with Crippen molar-refractivity contribution >= 4 is 5.97 Å². The molecule has 4 heteroatoms. The van der Waals surface area contributed by atoms with E-state index >= 15 is 0 Å². The SMILES string of the molecule is CCCCCC(CCCCC)[N+](C)(C)C(CCCCC)(CCCCC)C(O)(CCCCC)CC(=O)O. The van der Waals surface area contributed by atoms with Crippen LogP contribution in [0.3, 0.4) is 0 Å². The molecule has 0 aliphatic rings. The Kier molecular flexibility index (Phi) is 19.1. The van der Waals surface area contributed by atoms with E-state index in [1.165, 1.54) is 51.4 Å². The van der Waals surface area contributed by atoms with Crippen molar-refractivity contribution in [2.24, 2.45) is 0 Å². The summed E-state index contributed by atoms with van der Waals surface area (Å²) in [5.74, 6) is -0.849. The van der Waals surface area contributed by atoms with Gasteiger partial charge in [-0.15, -0.1) is 0 Å². The van der Waals surface area contributed by atoms with Gasteiger partial charge in [0.25, 0.3) is 0 Å². The molecule has 0 aliphatic heterocycles. The second-order valence-electron chi connectivity index (χ2n) is 12.2. The van der Waals surface area contributed by atoms with E-state index in [0.717, 1.165) is 75.1 Å². The van der Waals surface area contributed by atoms with Crippen molar-refractivity contribution in [2.45, 2.75) is 187 Å². The van der Waals surface area contributed by atoms with Crippen molar-refractivity contribution in [1.29, 1.82) is 0 Å². The highest BCUT2D eigenvalue weighted by Gasteiger charge is 2.61. The van der Waals surface area contributed by atoms with Gasteiger partial charge < -0.3 is 14.7 Å². The Hall–Kier alpha value is -0.610. The molecule has 0 radical (unpaired) electrons. The minimum absolute atomic E-state index is 0.132. The number of carboxylic acids is 1. The first-order valence-corrected chi connectivity index (χ1v) is 15.9. The van der Waals surface area contributed by atoms with E-state index in [-0.39, 0.29) is 6.42 Å². The summed E-state index contributed by atoms with van der Waals surface area (Å²) in [5, 5.41) is 22.7. The largest absolute Gasteiger partial charge is 0.481 e. The number of carbonyl (C=O) groups is 1. The van der Waals surface area contributed by atoms with Crippen LogP contribution in [-0.4, -0.2) is 51.9 Å². The number of likely N-dealkylation sites (N-methyl/N-ethyl adjacent to an activating group) is 1. The van der Waals surface area contributed by atoms with Crippen LogP contribution in [0.15, 0.2) is 0 Å². The molecular formula is C32H66NO3+. The van der Waals surface area contributed by atoms with Crippen molar-refractivity contribution in [3.63, 3.8) is 0 Å². The monoisotopic (exact) mass is 513 g/mol. The Labute approximate surface area is 226 Å². The Balaban J connectivity index is 6.76. The Morgan fingerprint density at radius 3 is 1.36 bits per heavy atom. The third-order valence-corrected chi connectivity index (χ3v) is 9.19. The predicted molar refractivity (Wildman–Crippen MR) is 157 cm³/mol. The zero-order valence-corrected chi connectivity index (χ0v) is 25.7. The summed E-state index contributed by atoms with van der Waals surface area (Å²) in [7, 11) is 4.74. The van der Waals surface area contributed by atoms with Gasteiger partial charge in [-0.3, -0.25) is 4.79 Å². The van der Waals surface area contributed by atoms with E-state index in [0.29, 0.717) is 12.5 Å². The van der Waals surface area contributed by atoms with Gasteiger partial charge in [0.15, 0.2) is 0 Å². The highest BCUT2D eigenvalue weighted by atomic mass is 16.4. The molecule has 0 aromatic rings. The smallest absolute Gasteiger partial charge is 0.306 e. The molecule has 0 amide bonds. The minimum Gasteiger partial charge on any atom is -0.481 e. The third-order valence-electron chi connectivity index (χ3n) is 9.19. The highest BCUT2D eigenvalue weighted by Crippen LogP contribution is 2.48. The van der Waals surface area contributed by atoms with Crippen LogP contribution in [0.1, 0.15) is 169 Å². The fraction of sp³-hybridized carbons (Fsp3) is 0.969. The zero-order chi connectivity index (χ0) is 27.5. The quantitative estimate of drug-likeness (QED) is 0.0946. The Morgan fingerprint density at radius 1 is 0.639 bits per heavy atom. The van der Waals surface area contributed by atoms with Crippen molar-refractivity contribution in [3.8, 4) is 0 Å². The summed E-state index contributed by atoms with van der Waals surface area (Å²) < 4.78 is 0.768. The van der Waals surface area contributed by atoms with Gasteiger partial charge in [0, 0.05) is 12.8 Å². The van der Waals surface area contributed by atoms with Crippen LogP contribution in [0, 0.1) is 0 Å². The van der Waals surface area contributed by atoms with E-state index in [1.54, 1.807) is 0 Å². The van der Waals surface area contributed by atoms with Crippen LogP contribution in [0.5, 0.6) is 0 Å². The first kappa shape index (κ1) is 35.4. The Bertz CT molecular complexity index is 528. The molecule has 0 saturated heterocycles. The van der Waals surface area contributed by atoms with Crippen molar-refractivity contribution in [3.05, 3.63) is 0 Å². The summed E-state index contributed by atoms with van der Waals surface area (Å²) in [6.07, 6.45) is 21.8. The molecule has 0 aliphatic carbocycles. The van der Waals surface area contributed by atoms with Crippen LogP contribution in [0.4, 0.5) is 0 Å². The minimum atomic E-state index is -1.19. The maximum Gasteiger partial charge on any atom is 0.306 e. The van der Waals surface area contributed by atoms with Gasteiger partial charge >= 0.3 is 5.97 Å². The standard InChI is InChI=1S/C32H65NO3/c1-8-13-18-23-29(24-19-14-9-2)33(6,7)31(25-20-15-10-3,26-21-16-11-4)32(36,28-30(34)35)27-22-17-12-5/h29,36H,8-28H2,1-7H3/p+1. The molecule has 36 heavy (non-hydrogen) atoms.